The van der Waals surface area contributed by atoms with Crippen LogP contribution in [0.3, 0.4) is 0 Å². The predicted octanol–water partition coefficient (Wildman–Crippen LogP) is 3.79. The molecule has 1 aromatic carbocycles. The Labute approximate surface area is 97.4 Å². The van der Waals surface area contributed by atoms with Gasteiger partial charge < -0.3 is 4.98 Å². The summed E-state index contributed by atoms with van der Waals surface area (Å²) in [4.78, 5) is 4.52. The van der Waals surface area contributed by atoms with Crippen LogP contribution in [0.4, 0.5) is 0 Å². The zero-order valence-corrected chi connectivity index (χ0v) is 9.37. The number of benzene rings is 1. The van der Waals surface area contributed by atoms with Gasteiger partial charge in [0.25, 0.3) is 0 Å². The second-order valence-corrected chi connectivity index (χ2v) is 4.42. The minimum Gasteiger partial charge on any atom is -0.355 e. The van der Waals surface area contributed by atoms with Gasteiger partial charge in [-0.2, -0.15) is 0 Å². The Morgan fingerprint density at radius 3 is 2.88 bits per heavy atom. The molecule has 2 nitrogen and oxygen atoms in total. The first kappa shape index (κ1) is 9.36. The molecule has 2 aromatic heterocycles. The molecule has 0 radical (unpaired) electrons. The van der Waals surface area contributed by atoms with E-state index >= 15 is 0 Å². The number of hydrogen-bond acceptors (Lipinski definition) is 2. The molecule has 0 aliphatic rings. The van der Waals surface area contributed by atoms with Crippen molar-refractivity contribution in [2.75, 3.05) is 0 Å². The van der Waals surface area contributed by atoms with E-state index in [-0.39, 0.29) is 0 Å². The van der Waals surface area contributed by atoms with Crippen molar-refractivity contribution in [1.29, 1.82) is 0 Å². The molecular formula is C13H10N2S. The third kappa shape index (κ3) is 1.77. The van der Waals surface area contributed by atoms with Gasteiger partial charge in [0.15, 0.2) is 0 Å². The third-order valence-electron chi connectivity index (χ3n) is 2.44. The second kappa shape index (κ2) is 3.94. The molecule has 3 rings (SSSR count). The van der Waals surface area contributed by atoms with Crippen molar-refractivity contribution >= 4 is 34.6 Å². The molecule has 0 bridgehead atoms. The van der Waals surface area contributed by atoms with Gasteiger partial charge in [-0.3, -0.25) is 0 Å². The Kier molecular flexibility index (Phi) is 2.31. The fourth-order valence-electron chi connectivity index (χ4n) is 1.67. The van der Waals surface area contributed by atoms with Crippen molar-refractivity contribution in [2.24, 2.45) is 0 Å². The molecule has 2 heterocycles. The Hall–Kier alpha value is -1.87. The SMILES string of the molecule is C(=C\c1ccns1)/c1cc2ccccc2[nH]1. The Morgan fingerprint density at radius 2 is 2.06 bits per heavy atom. The maximum Gasteiger partial charge on any atom is 0.0478 e. The molecule has 0 amide bonds. The van der Waals surface area contributed by atoms with Crippen molar-refractivity contribution in [1.82, 2.24) is 9.36 Å². The van der Waals surface area contributed by atoms with Gasteiger partial charge in [-0.25, -0.2) is 4.37 Å². The summed E-state index contributed by atoms with van der Waals surface area (Å²) in [5.74, 6) is 0. The lowest BCUT2D eigenvalue weighted by Crippen LogP contribution is -1.68. The fraction of sp³-hybridized carbons (Fsp3) is 0. The monoisotopic (exact) mass is 226 g/mol. The predicted molar refractivity (Wildman–Crippen MR) is 69.3 cm³/mol. The van der Waals surface area contributed by atoms with E-state index in [0.717, 1.165) is 5.69 Å². The highest BCUT2D eigenvalue weighted by Crippen LogP contribution is 2.17. The van der Waals surface area contributed by atoms with E-state index in [1.165, 1.54) is 27.3 Å². The molecule has 0 saturated carbocycles. The van der Waals surface area contributed by atoms with Crippen LogP contribution in [0.5, 0.6) is 0 Å². The lowest BCUT2D eigenvalue weighted by Gasteiger charge is -1.85. The van der Waals surface area contributed by atoms with Crippen LogP contribution in [0.15, 0.2) is 42.6 Å². The number of nitrogens with one attached hydrogen (secondary N) is 1. The molecular weight excluding hydrogens is 216 g/mol. The summed E-state index contributed by atoms with van der Waals surface area (Å²) in [7, 11) is 0. The molecule has 0 unspecified atom stereocenters. The highest BCUT2D eigenvalue weighted by atomic mass is 32.1. The lowest BCUT2D eigenvalue weighted by molar-refractivity contribution is 1.43. The minimum absolute atomic E-state index is 1.12. The highest BCUT2D eigenvalue weighted by Gasteiger charge is 1.96. The molecule has 0 atom stereocenters. The molecule has 0 spiro atoms. The van der Waals surface area contributed by atoms with E-state index in [1.807, 2.05) is 24.4 Å². The number of hydrogen-bond donors (Lipinski definition) is 1. The van der Waals surface area contributed by atoms with Gasteiger partial charge in [0.1, 0.15) is 0 Å². The van der Waals surface area contributed by atoms with Crippen molar-refractivity contribution in [3.05, 3.63) is 53.2 Å². The summed E-state index contributed by atoms with van der Waals surface area (Å²) in [5.41, 5.74) is 2.29. The summed E-state index contributed by atoms with van der Waals surface area (Å²) < 4.78 is 4.06. The van der Waals surface area contributed by atoms with Crippen LogP contribution in [0, 0.1) is 0 Å². The van der Waals surface area contributed by atoms with Gasteiger partial charge in [0.2, 0.25) is 0 Å². The molecule has 0 saturated heterocycles. The van der Waals surface area contributed by atoms with Gasteiger partial charge in [0, 0.05) is 22.3 Å². The number of nitrogens with zero attached hydrogens (tertiary/aromatic N) is 1. The van der Waals surface area contributed by atoms with E-state index in [2.05, 4.69) is 39.7 Å². The molecule has 0 fully saturated rings. The zero-order valence-electron chi connectivity index (χ0n) is 8.55. The topological polar surface area (TPSA) is 28.7 Å². The van der Waals surface area contributed by atoms with Crippen LogP contribution in [0.2, 0.25) is 0 Å². The van der Waals surface area contributed by atoms with Crippen molar-refractivity contribution in [3.8, 4) is 0 Å². The Bertz CT molecular complexity index is 587. The van der Waals surface area contributed by atoms with Crippen LogP contribution in [-0.2, 0) is 0 Å². The van der Waals surface area contributed by atoms with Crippen LogP contribution in [0.1, 0.15) is 10.6 Å². The summed E-state index contributed by atoms with van der Waals surface area (Å²) in [6, 6.07) is 12.4. The maximum absolute atomic E-state index is 4.06. The van der Waals surface area contributed by atoms with Crippen molar-refractivity contribution in [3.63, 3.8) is 0 Å². The van der Waals surface area contributed by atoms with Crippen LogP contribution >= 0.6 is 11.5 Å². The summed E-state index contributed by atoms with van der Waals surface area (Å²) in [6.07, 6.45) is 5.96. The zero-order chi connectivity index (χ0) is 10.8. The number of fused-ring (bicyclic) bond motifs is 1. The molecule has 78 valence electrons. The van der Waals surface area contributed by atoms with Crippen LogP contribution in [0.25, 0.3) is 23.1 Å². The number of aromatic nitrogens is 2. The van der Waals surface area contributed by atoms with E-state index in [0.29, 0.717) is 0 Å². The Morgan fingerprint density at radius 1 is 1.12 bits per heavy atom. The summed E-state index contributed by atoms with van der Waals surface area (Å²) >= 11 is 1.50. The third-order valence-corrected chi connectivity index (χ3v) is 3.15. The number of H-pyrrole nitrogens is 1. The average molecular weight is 226 g/mol. The van der Waals surface area contributed by atoms with Crippen LogP contribution in [-0.4, -0.2) is 9.36 Å². The molecule has 1 N–H and O–H groups in total. The van der Waals surface area contributed by atoms with Gasteiger partial charge in [-0.15, -0.1) is 0 Å². The number of para-hydroxylation sites is 1. The van der Waals surface area contributed by atoms with Crippen molar-refractivity contribution < 1.29 is 0 Å². The summed E-state index contributed by atoms with van der Waals surface area (Å²) in [5, 5.41) is 1.24. The fourth-order valence-corrected chi connectivity index (χ4v) is 2.16. The second-order valence-electron chi connectivity index (χ2n) is 3.56. The largest absolute Gasteiger partial charge is 0.355 e. The van der Waals surface area contributed by atoms with Crippen LogP contribution < -0.4 is 0 Å². The Balaban J connectivity index is 1.95. The normalized spacial score (nSPS) is 11.5. The number of aromatic amines is 1. The molecule has 0 aliphatic carbocycles. The molecule has 3 heteroatoms. The highest BCUT2D eigenvalue weighted by molar-refractivity contribution is 7.06. The van der Waals surface area contributed by atoms with Gasteiger partial charge in [-0.1, -0.05) is 18.2 Å². The quantitative estimate of drug-likeness (QED) is 0.707. The number of rotatable bonds is 2. The van der Waals surface area contributed by atoms with Gasteiger partial charge >= 0.3 is 0 Å². The smallest absolute Gasteiger partial charge is 0.0478 e. The van der Waals surface area contributed by atoms with Crippen molar-refractivity contribution in [2.45, 2.75) is 0 Å². The minimum atomic E-state index is 1.12. The standard InChI is InChI=1S/C13H10N2S/c1-2-4-13-10(3-1)9-11(15-13)5-6-12-7-8-14-16-12/h1-9,15H/b6-5+. The average Bonchev–Trinajstić information content (AvgIpc) is 2.95. The van der Waals surface area contributed by atoms with E-state index in [9.17, 15) is 0 Å². The van der Waals surface area contributed by atoms with Gasteiger partial charge in [-0.05, 0) is 47.3 Å². The van der Waals surface area contributed by atoms with Gasteiger partial charge in [0.05, 0.1) is 0 Å². The first-order valence-electron chi connectivity index (χ1n) is 5.08. The van der Waals surface area contributed by atoms with E-state index in [1.54, 1.807) is 0 Å². The first-order chi connectivity index (χ1) is 7.92. The lowest BCUT2D eigenvalue weighted by atomic mass is 10.2. The molecule has 16 heavy (non-hydrogen) atoms. The first-order valence-corrected chi connectivity index (χ1v) is 5.86. The molecule has 3 aromatic rings. The summed E-state index contributed by atoms with van der Waals surface area (Å²) in [6.45, 7) is 0. The molecule has 0 aliphatic heterocycles. The van der Waals surface area contributed by atoms with E-state index in [4.69, 9.17) is 0 Å². The maximum atomic E-state index is 4.06. The van der Waals surface area contributed by atoms with E-state index < -0.39 is 0 Å².